The Bertz CT molecular complexity index is 1150. The molecule has 0 fully saturated rings. The van der Waals surface area contributed by atoms with Crippen LogP contribution in [-0.4, -0.2) is 0 Å². The maximum absolute atomic E-state index is 13.4. The van der Waals surface area contributed by atoms with Crippen molar-refractivity contribution in [3.05, 3.63) is 83.9 Å². The van der Waals surface area contributed by atoms with Crippen LogP contribution in [0.4, 0.5) is 26.3 Å². The molecule has 0 heterocycles. The van der Waals surface area contributed by atoms with Gasteiger partial charge in [-0.1, -0.05) is 0 Å². The largest absolute Gasteiger partial charge is 1.00 e. The van der Waals surface area contributed by atoms with Gasteiger partial charge in [0.15, 0.2) is 0 Å². The molecule has 0 aliphatic heterocycles. The van der Waals surface area contributed by atoms with Gasteiger partial charge in [0.1, 0.15) is 0 Å². The van der Waals surface area contributed by atoms with Gasteiger partial charge in [-0.2, -0.15) is 0 Å². The van der Waals surface area contributed by atoms with Gasteiger partial charge < -0.3 is 24.8 Å². The fourth-order valence-electron chi connectivity index (χ4n) is 3.37. The van der Waals surface area contributed by atoms with Crippen LogP contribution in [0.5, 0.6) is 11.5 Å². The molecule has 0 aliphatic rings. The van der Waals surface area contributed by atoms with E-state index in [1.165, 1.54) is 48.5 Å². The summed E-state index contributed by atoms with van der Waals surface area (Å²) in [5.41, 5.74) is -1.69. The second-order valence-electron chi connectivity index (χ2n) is 6.60. The molecule has 0 aliphatic carbocycles. The molecule has 0 radical (unpaired) electrons. The molecule has 0 spiro atoms. The summed E-state index contributed by atoms with van der Waals surface area (Å²) in [5, 5.41) is 0.485. The van der Waals surface area contributed by atoms with Crippen molar-refractivity contribution in [3.63, 3.8) is 0 Å². The van der Waals surface area contributed by atoms with E-state index in [2.05, 4.69) is 0 Å². The van der Waals surface area contributed by atoms with Crippen molar-refractivity contribution >= 4 is 21.5 Å². The van der Waals surface area contributed by atoms with E-state index in [4.69, 9.17) is 5.63 Å². The summed E-state index contributed by atoms with van der Waals surface area (Å²) in [7, 11) is 0. The van der Waals surface area contributed by atoms with Crippen LogP contribution in [0.25, 0.3) is 21.5 Å². The predicted molar refractivity (Wildman–Crippen MR) is 99.2 cm³/mol. The van der Waals surface area contributed by atoms with Gasteiger partial charge in [-0.25, -0.2) is 0 Å². The molecule has 4 rings (SSSR count). The summed E-state index contributed by atoms with van der Waals surface area (Å²) < 4.78 is 91.8. The van der Waals surface area contributed by atoms with E-state index in [9.17, 15) is 26.3 Å². The number of alkyl halides is 6. The molecule has 0 saturated heterocycles. The summed E-state index contributed by atoms with van der Waals surface area (Å²) in [5.74, 6) is -0.0124. The van der Waals surface area contributed by atoms with Gasteiger partial charge in [-0.3, -0.25) is 0 Å². The maximum Gasteiger partial charge on any atom is -1.00 e. The smallest absolute Gasteiger partial charge is 1.00 e. The Morgan fingerprint density at radius 3 is 1.18 bits per heavy atom. The van der Waals surface area contributed by atoms with Crippen LogP contribution in [0, 0.1) is 0 Å². The van der Waals surface area contributed by atoms with E-state index >= 15 is 0 Å². The third-order valence-electron chi connectivity index (χ3n) is 4.65. The number of hydrogen-bond acceptors (Lipinski definition) is 2. The number of rotatable bonds is 4. The summed E-state index contributed by atoms with van der Waals surface area (Å²) in [6.07, 6.45) is -9.16. The summed E-state index contributed by atoms with van der Waals surface area (Å²) in [6, 6.07) is 16.6. The van der Waals surface area contributed by atoms with Gasteiger partial charge in [0.05, 0.1) is 0 Å². The standard InChI is InChI=1S/2C11H7F3O.2ClH.Zr/c2*12-11(13,14)8-5-1-3-7-4-2-6-9(15)10(7)8;;;/h2*1-6,15H;2*1H;/q;;;;+4/p-4. The quantitative estimate of drug-likeness (QED) is 0.338. The fourth-order valence-corrected chi connectivity index (χ4v) is 4.75. The normalized spacial score (nSPS) is 11.3. The Kier molecular flexibility index (Phi) is 8.71. The Labute approximate surface area is 209 Å². The third-order valence-corrected chi connectivity index (χ3v) is 6.14. The zero-order valence-electron chi connectivity index (χ0n) is 16.3. The first-order chi connectivity index (χ1) is 14.7. The van der Waals surface area contributed by atoms with Gasteiger partial charge in [0.2, 0.25) is 0 Å². The van der Waals surface area contributed by atoms with Gasteiger partial charge in [0, 0.05) is 0 Å². The van der Waals surface area contributed by atoms with E-state index in [0.29, 0.717) is 10.8 Å². The van der Waals surface area contributed by atoms with Crippen molar-refractivity contribution in [1.29, 1.82) is 0 Å². The topological polar surface area (TPSA) is 18.5 Å². The van der Waals surface area contributed by atoms with Gasteiger partial charge in [0.25, 0.3) is 0 Å². The van der Waals surface area contributed by atoms with Crippen molar-refractivity contribution in [3.8, 4) is 11.5 Å². The molecule has 0 N–H and O–H groups in total. The molecular weight excluding hydrogens is 572 g/mol. The van der Waals surface area contributed by atoms with Crippen LogP contribution < -0.4 is 30.4 Å². The van der Waals surface area contributed by atoms with Crippen molar-refractivity contribution in [2.24, 2.45) is 0 Å². The van der Waals surface area contributed by atoms with Crippen molar-refractivity contribution in [2.75, 3.05) is 0 Å². The number of hydrogen-bond donors (Lipinski definition) is 0. The van der Waals surface area contributed by atoms with E-state index < -0.39 is 47.6 Å². The van der Waals surface area contributed by atoms with Crippen LogP contribution in [0.2, 0.25) is 0 Å². The Morgan fingerprint density at radius 2 is 0.848 bits per heavy atom. The zero-order valence-corrected chi connectivity index (χ0v) is 20.2. The van der Waals surface area contributed by atoms with E-state index in [1.54, 1.807) is 12.1 Å². The molecule has 0 bridgehead atoms. The molecule has 0 amide bonds. The number of benzene rings is 4. The van der Waals surface area contributed by atoms with E-state index in [1.807, 2.05) is 0 Å². The van der Waals surface area contributed by atoms with Gasteiger partial charge in [-0.15, -0.1) is 0 Å². The molecule has 0 atom stereocenters. The Hall–Kier alpha value is -1.96. The zero-order chi connectivity index (χ0) is 22.2. The minimum atomic E-state index is -4.58. The SMILES string of the molecule is FC(F)(F)c1cccc2cccc([O][Zr+2][O]c3cccc4cccc(C(F)(F)F)c34)c12.[Cl-].[Cl-]. The van der Waals surface area contributed by atoms with Crippen LogP contribution in [0.15, 0.2) is 72.8 Å². The molecule has 0 unspecified atom stereocenters. The average Bonchev–Trinajstić information content (AvgIpc) is 2.72. The summed E-state index contributed by atoms with van der Waals surface area (Å²) in [4.78, 5) is 0. The third kappa shape index (κ3) is 5.76. The Balaban J connectivity index is 0.00000193. The Morgan fingerprint density at radius 1 is 0.515 bits per heavy atom. The second kappa shape index (κ2) is 10.5. The van der Waals surface area contributed by atoms with Gasteiger partial charge >= 0.3 is 185 Å². The summed E-state index contributed by atoms with van der Waals surface area (Å²) >= 11 is -2.34. The van der Waals surface area contributed by atoms with Crippen LogP contribution in [0.3, 0.4) is 0 Å². The number of halogens is 8. The van der Waals surface area contributed by atoms with E-state index in [0.717, 1.165) is 12.1 Å². The summed E-state index contributed by atoms with van der Waals surface area (Å²) in [6.45, 7) is 0. The molecule has 33 heavy (non-hydrogen) atoms. The van der Waals surface area contributed by atoms with E-state index in [-0.39, 0.29) is 47.1 Å². The predicted octanol–water partition coefficient (Wildman–Crippen LogP) is 1.41. The molecule has 2 nitrogen and oxygen atoms in total. The van der Waals surface area contributed by atoms with Crippen LogP contribution in [-0.2, 0) is 36.5 Å². The minimum absolute atomic E-state index is 0. The fraction of sp³-hybridized carbons (Fsp3) is 0.0909. The second-order valence-corrected chi connectivity index (χ2v) is 8.02. The van der Waals surface area contributed by atoms with Crippen LogP contribution >= 0.6 is 0 Å². The minimum Gasteiger partial charge on any atom is -1.00 e. The van der Waals surface area contributed by atoms with Crippen molar-refractivity contribution < 1.29 is 80.9 Å². The first-order valence-electron chi connectivity index (χ1n) is 8.93. The maximum atomic E-state index is 13.4. The van der Waals surface area contributed by atoms with Crippen molar-refractivity contribution in [2.45, 2.75) is 12.4 Å². The molecule has 11 heteroatoms. The molecule has 172 valence electrons. The monoisotopic (exact) mass is 582 g/mol. The first-order valence-corrected chi connectivity index (χ1v) is 10.9. The average molecular weight is 584 g/mol. The molecular formula is C22H12Cl2F6O2Zr. The molecule has 4 aromatic rings. The first kappa shape index (κ1) is 27.3. The molecule has 0 saturated carbocycles. The van der Waals surface area contributed by atoms with Gasteiger partial charge in [-0.05, 0) is 0 Å². The van der Waals surface area contributed by atoms with Crippen LogP contribution in [0.1, 0.15) is 11.1 Å². The molecule has 0 aromatic heterocycles. The number of fused-ring (bicyclic) bond motifs is 2. The molecule has 4 aromatic carbocycles. The van der Waals surface area contributed by atoms with Crippen molar-refractivity contribution in [1.82, 2.24) is 0 Å².